The van der Waals surface area contributed by atoms with E-state index in [9.17, 15) is 9.59 Å². The molecule has 2 rings (SSSR count). The number of pyridine rings is 1. The van der Waals surface area contributed by atoms with E-state index in [1.54, 1.807) is 11.0 Å². The van der Waals surface area contributed by atoms with Crippen LogP contribution in [0.1, 0.15) is 17.4 Å². The number of nitrogens with one attached hydrogen (secondary N) is 1. The molecule has 1 aliphatic heterocycles. The van der Waals surface area contributed by atoms with Gasteiger partial charge in [0.05, 0.1) is 6.54 Å². The molecule has 1 aliphatic rings. The van der Waals surface area contributed by atoms with Gasteiger partial charge in [0.15, 0.2) is 0 Å². The van der Waals surface area contributed by atoms with Gasteiger partial charge < -0.3 is 15.1 Å². The van der Waals surface area contributed by atoms with Crippen LogP contribution in [0, 0.1) is 0 Å². The lowest BCUT2D eigenvalue weighted by Crippen LogP contribution is -2.51. The molecule has 0 unspecified atom stereocenters. The van der Waals surface area contributed by atoms with Gasteiger partial charge in [-0.25, -0.2) is 0 Å². The molecule has 1 saturated heterocycles. The highest BCUT2D eigenvalue weighted by atomic mass is 35.5. The number of piperazine rings is 1. The molecule has 1 N–H and O–H groups in total. The highest BCUT2D eigenvalue weighted by Gasteiger charge is 2.20. The van der Waals surface area contributed by atoms with Gasteiger partial charge in [0.2, 0.25) is 5.91 Å². The quantitative estimate of drug-likeness (QED) is 0.886. The summed E-state index contributed by atoms with van der Waals surface area (Å²) in [4.78, 5) is 31.9. The van der Waals surface area contributed by atoms with Gasteiger partial charge in [0, 0.05) is 37.4 Å². The van der Waals surface area contributed by atoms with Crippen molar-refractivity contribution in [1.82, 2.24) is 20.1 Å². The Labute approximate surface area is 129 Å². The molecule has 2 amide bonds. The molecule has 0 aromatic carbocycles. The van der Waals surface area contributed by atoms with Gasteiger partial charge in [-0.1, -0.05) is 18.5 Å². The predicted molar refractivity (Wildman–Crippen MR) is 80.3 cm³/mol. The van der Waals surface area contributed by atoms with Gasteiger partial charge in [-0.15, -0.1) is 0 Å². The molecule has 0 saturated carbocycles. The Morgan fingerprint density at radius 1 is 1.33 bits per heavy atom. The minimum absolute atomic E-state index is 0.0147. The molecule has 6 nitrogen and oxygen atoms in total. The standard InChI is InChI=1S/C14H19ClN4O2/c1-2-18-5-7-19(8-6-18)13(20)10-17-14(21)12-9-11(15)3-4-16-12/h3-4,9H,2,5-8,10H2,1H3,(H,17,21). The summed E-state index contributed by atoms with van der Waals surface area (Å²) in [6.07, 6.45) is 1.46. The largest absolute Gasteiger partial charge is 0.342 e. The Balaban J connectivity index is 1.80. The number of halogens is 1. The van der Waals surface area contributed by atoms with Crippen LogP contribution in [0.15, 0.2) is 18.3 Å². The second kappa shape index (κ2) is 7.38. The lowest BCUT2D eigenvalue weighted by atomic mass is 10.3. The van der Waals surface area contributed by atoms with E-state index in [1.807, 2.05) is 0 Å². The van der Waals surface area contributed by atoms with Gasteiger partial charge in [-0.2, -0.15) is 0 Å². The van der Waals surface area contributed by atoms with Crippen molar-refractivity contribution in [1.29, 1.82) is 0 Å². The van der Waals surface area contributed by atoms with Crippen molar-refractivity contribution in [3.05, 3.63) is 29.0 Å². The first-order valence-corrected chi connectivity index (χ1v) is 7.38. The molecular weight excluding hydrogens is 292 g/mol. The zero-order valence-corrected chi connectivity index (χ0v) is 12.8. The number of amides is 2. The van der Waals surface area contributed by atoms with Gasteiger partial charge in [-0.3, -0.25) is 14.6 Å². The van der Waals surface area contributed by atoms with E-state index >= 15 is 0 Å². The Morgan fingerprint density at radius 3 is 2.67 bits per heavy atom. The van der Waals surface area contributed by atoms with E-state index in [-0.39, 0.29) is 18.1 Å². The fourth-order valence-electron chi connectivity index (χ4n) is 2.20. The van der Waals surface area contributed by atoms with E-state index < -0.39 is 5.91 Å². The molecule has 0 atom stereocenters. The minimum atomic E-state index is -0.391. The van der Waals surface area contributed by atoms with E-state index in [1.165, 1.54) is 12.3 Å². The second-order valence-electron chi connectivity index (χ2n) is 4.86. The van der Waals surface area contributed by atoms with Crippen LogP contribution >= 0.6 is 11.6 Å². The predicted octanol–water partition coefficient (Wildman–Crippen LogP) is 0.629. The Bertz CT molecular complexity index is 515. The number of rotatable bonds is 4. The molecule has 21 heavy (non-hydrogen) atoms. The zero-order chi connectivity index (χ0) is 15.2. The first-order valence-electron chi connectivity index (χ1n) is 7.00. The number of carbonyl (C=O) groups is 2. The number of aromatic nitrogens is 1. The molecular formula is C14H19ClN4O2. The Hall–Kier alpha value is -1.66. The average Bonchev–Trinajstić information content (AvgIpc) is 2.52. The van der Waals surface area contributed by atoms with Crippen LogP contribution in [0.25, 0.3) is 0 Å². The van der Waals surface area contributed by atoms with Gasteiger partial charge in [0.1, 0.15) is 5.69 Å². The average molecular weight is 311 g/mol. The summed E-state index contributed by atoms with van der Waals surface area (Å²) in [7, 11) is 0. The molecule has 0 spiro atoms. The molecule has 1 aromatic rings. The van der Waals surface area contributed by atoms with Crippen molar-refractivity contribution >= 4 is 23.4 Å². The third-order valence-electron chi connectivity index (χ3n) is 3.53. The van der Waals surface area contributed by atoms with E-state index in [0.717, 1.165) is 19.6 Å². The smallest absolute Gasteiger partial charge is 0.270 e. The third kappa shape index (κ3) is 4.41. The Kier molecular flexibility index (Phi) is 5.52. The van der Waals surface area contributed by atoms with Crippen molar-refractivity contribution in [3.8, 4) is 0 Å². The summed E-state index contributed by atoms with van der Waals surface area (Å²) in [6.45, 7) is 6.27. The first kappa shape index (κ1) is 15.7. The van der Waals surface area contributed by atoms with Crippen molar-refractivity contribution in [2.45, 2.75) is 6.92 Å². The van der Waals surface area contributed by atoms with E-state index in [0.29, 0.717) is 18.1 Å². The summed E-state index contributed by atoms with van der Waals surface area (Å²) in [5.41, 5.74) is 0.214. The highest BCUT2D eigenvalue weighted by molar-refractivity contribution is 6.30. The normalized spacial score (nSPS) is 15.8. The topological polar surface area (TPSA) is 65.5 Å². The van der Waals surface area contributed by atoms with Crippen LogP contribution in [0.3, 0.4) is 0 Å². The van der Waals surface area contributed by atoms with Crippen LogP contribution in [0.4, 0.5) is 0 Å². The maximum Gasteiger partial charge on any atom is 0.270 e. The molecule has 7 heteroatoms. The molecule has 2 heterocycles. The first-order chi connectivity index (χ1) is 10.1. The van der Waals surface area contributed by atoms with Crippen molar-refractivity contribution < 1.29 is 9.59 Å². The number of hydrogen-bond donors (Lipinski definition) is 1. The molecule has 0 aliphatic carbocycles. The summed E-state index contributed by atoms with van der Waals surface area (Å²) >= 11 is 5.80. The number of nitrogens with zero attached hydrogens (tertiary/aromatic N) is 3. The molecule has 114 valence electrons. The van der Waals surface area contributed by atoms with Crippen LogP contribution in [-0.2, 0) is 4.79 Å². The van der Waals surface area contributed by atoms with Gasteiger partial charge in [0.25, 0.3) is 5.91 Å². The van der Waals surface area contributed by atoms with Crippen molar-refractivity contribution in [2.75, 3.05) is 39.3 Å². The minimum Gasteiger partial charge on any atom is -0.342 e. The maximum atomic E-state index is 12.0. The highest BCUT2D eigenvalue weighted by Crippen LogP contribution is 2.07. The molecule has 0 radical (unpaired) electrons. The Morgan fingerprint density at radius 2 is 2.05 bits per heavy atom. The van der Waals surface area contributed by atoms with Crippen LogP contribution in [0.2, 0.25) is 5.02 Å². The second-order valence-corrected chi connectivity index (χ2v) is 5.29. The zero-order valence-electron chi connectivity index (χ0n) is 12.0. The fourth-order valence-corrected chi connectivity index (χ4v) is 2.36. The van der Waals surface area contributed by atoms with Gasteiger partial charge in [-0.05, 0) is 18.7 Å². The van der Waals surface area contributed by atoms with Crippen LogP contribution in [0.5, 0.6) is 0 Å². The monoisotopic (exact) mass is 310 g/mol. The summed E-state index contributed by atoms with van der Waals surface area (Å²) in [5, 5.41) is 3.03. The lowest BCUT2D eigenvalue weighted by molar-refractivity contribution is -0.131. The lowest BCUT2D eigenvalue weighted by Gasteiger charge is -2.34. The molecule has 1 fully saturated rings. The number of carbonyl (C=O) groups excluding carboxylic acids is 2. The van der Waals surface area contributed by atoms with Crippen LogP contribution < -0.4 is 5.32 Å². The van der Waals surface area contributed by atoms with E-state index in [4.69, 9.17) is 11.6 Å². The third-order valence-corrected chi connectivity index (χ3v) is 3.76. The summed E-state index contributed by atoms with van der Waals surface area (Å²) in [5.74, 6) is -0.459. The maximum absolute atomic E-state index is 12.0. The number of hydrogen-bond acceptors (Lipinski definition) is 4. The SMILES string of the molecule is CCN1CCN(C(=O)CNC(=O)c2cc(Cl)ccn2)CC1. The number of likely N-dealkylation sites (N-methyl/N-ethyl adjacent to an activating group) is 1. The summed E-state index contributed by atoms with van der Waals surface area (Å²) in [6, 6.07) is 3.07. The summed E-state index contributed by atoms with van der Waals surface area (Å²) < 4.78 is 0. The van der Waals surface area contributed by atoms with Crippen LogP contribution in [-0.4, -0.2) is 65.9 Å². The fraction of sp³-hybridized carbons (Fsp3) is 0.500. The molecule has 1 aromatic heterocycles. The van der Waals surface area contributed by atoms with Crippen molar-refractivity contribution in [3.63, 3.8) is 0 Å². The van der Waals surface area contributed by atoms with Gasteiger partial charge >= 0.3 is 0 Å². The van der Waals surface area contributed by atoms with E-state index in [2.05, 4.69) is 22.1 Å². The molecule has 0 bridgehead atoms. The van der Waals surface area contributed by atoms with Crippen molar-refractivity contribution in [2.24, 2.45) is 0 Å².